The van der Waals surface area contributed by atoms with E-state index in [4.69, 9.17) is 4.98 Å². The molecule has 30 heavy (non-hydrogen) atoms. The van der Waals surface area contributed by atoms with Crippen LogP contribution in [0.25, 0.3) is 11.0 Å². The summed E-state index contributed by atoms with van der Waals surface area (Å²) in [5.41, 5.74) is 1.43. The van der Waals surface area contributed by atoms with Gasteiger partial charge in [0.2, 0.25) is 5.91 Å². The topological polar surface area (TPSA) is 38.1 Å². The molecule has 1 aliphatic heterocycles. The zero-order valence-electron chi connectivity index (χ0n) is 17.0. The molecule has 4 rings (SSSR count). The molecule has 4 nitrogen and oxygen atoms in total. The van der Waals surface area contributed by atoms with Crippen LogP contribution in [-0.4, -0.2) is 22.0 Å². The normalized spacial score (nSPS) is 17.5. The number of alkyl halides is 3. The van der Waals surface area contributed by atoms with Crippen molar-refractivity contribution in [3.8, 4) is 0 Å². The van der Waals surface area contributed by atoms with Gasteiger partial charge in [0.25, 0.3) is 0 Å². The second-order valence-corrected chi connectivity index (χ2v) is 8.25. The highest BCUT2D eigenvalue weighted by Gasteiger charge is 2.36. The third kappa shape index (κ3) is 3.93. The van der Waals surface area contributed by atoms with Crippen LogP contribution in [0.15, 0.2) is 48.5 Å². The molecule has 158 valence electrons. The van der Waals surface area contributed by atoms with Gasteiger partial charge in [0.15, 0.2) is 0 Å². The maximum Gasteiger partial charge on any atom is 0.416 e. The fourth-order valence-corrected chi connectivity index (χ4v) is 4.01. The van der Waals surface area contributed by atoms with E-state index in [-0.39, 0.29) is 23.9 Å². The number of anilines is 1. The summed E-state index contributed by atoms with van der Waals surface area (Å²) in [7, 11) is 0. The quantitative estimate of drug-likeness (QED) is 0.542. The zero-order valence-corrected chi connectivity index (χ0v) is 17.0. The molecule has 1 saturated heterocycles. The molecule has 3 aromatic rings. The molecule has 7 heteroatoms. The molecule has 0 N–H and O–H groups in total. The average molecular weight is 415 g/mol. The molecule has 1 atom stereocenters. The van der Waals surface area contributed by atoms with Crippen LogP contribution in [0, 0.1) is 5.92 Å². The van der Waals surface area contributed by atoms with Gasteiger partial charge in [-0.25, -0.2) is 4.98 Å². The van der Waals surface area contributed by atoms with Gasteiger partial charge >= 0.3 is 6.18 Å². The van der Waals surface area contributed by atoms with Crippen LogP contribution in [0.1, 0.15) is 44.0 Å². The van der Waals surface area contributed by atoms with Crippen LogP contribution < -0.4 is 4.90 Å². The smallest absolute Gasteiger partial charge is 0.328 e. The highest BCUT2D eigenvalue weighted by molar-refractivity contribution is 5.96. The minimum atomic E-state index is -4.44. The predicted octanol–water partition coefficient (Wildman–Crippen LogP) is 5.62. The van der Waals surface area contributed by atoms with E-state index < -0.39 is 11.7 Å². The van der Waals surface area contributed by atoms with Crippen molar-refractivity contribution in [2.45, 2.75) is 45.3 Å². The monoisotopic (exact) mass is 415 g/mol. The van der Waals surface area contributed by atoms with E-state index >= 15 is 0 Å². The molecule has 1 aromatic heterocycles. The molecule has 1 amide bonds. The van der Waals surface area contributed by atoms with E-state index in [1.807, 2.05) is 24.3 Å². The number of nitrogens with zero attached hydrogens (tertiary/aromatic N) is 3. The van der Waals surface area contributed by atoms with Crippen molar-refractivity contribution >= 4 is 22.6 Å². The number of aromatic nitrogens is 2. The number of aryl methyl sites for hydroxylation is 1. The van der Waals surface area contributed by atoms with Gasteiger partial charge in [0.05, 0.1) is 16.6 Å². The summed E-state index contributed by atoms with van der Waals surface area (Å²) in [4.78, 5) is 19.0. The Bertz CT molecular complexity index is 1070. The van der Waals surface area contributed by atoms with Gasteiger partial charge in [-0.15, -0.1) is 0 Å². The molecule has 0 aliphatic carbocycles. The van der Waals surface area contributed by atoms with E-state index in [1.54, 1.807) is 6.07 Å². The molecular formula is C23H24F3N3O. The number of halogens is 3. The van der Waals surface area contributed by atoms with Crippen molar-refractivity contribution in [3.63, 3.8) is 0 Å². The van der Waals surface area contributed by atoms with Gasteiger partial charge in [-0.2, -0.15) is 13.2 Å². The lowest BCUT2D eigenvalue weighted by molar-refractivity contribution is -0.137. The lowest BCUT2D eigenvalue weighted by atomic mass is 10.1. The highest BCUT2D eigenvalue weighted by Crippen LogP contribution is 2.36. The molecule has 0 unspecified atom stereocenters. The molecular weight excluding hydrogens is 391 g/mol. The third-order valence-corrected chi connectivity index (χ3v) is 5.59. The first-order chi connectivity index (χ1) is 14.2. The Morgan fingerprint density at radius 1 is 1.13 bits per heavy atom. The van der Waals surface area contributed by atoms with E-state index in [2.05, 4.69) is 18.4 Å². The standard InChI is InChI=1S/C23H24F3N3O/c1-15(2)10-11-28-20-9-4-3-8-19(20)27-22(28)16-12-21(30)29(14-16)18-7-5-6-17(13-18)23(24,25)26/h3-9,13,15-16H,10-12,14H2,1-2H3/t16-/m0/s1. The molecule has 2 heterocycles. The zero-order chi connectivity index (χ0) is 21.5. The minimum absolute atomic E-state index is 0.161. The minimum Gasteiger partial charge on any atom is -0.328 e. The summed E-state index contributed by atoms with van der Waals surface area (Å²) in [5, 5.41) is 0. The summed E-state index contributed by atoms with van der Waals surface area (Å²) in [6.45, 7) is 5.44. The summed E-state index contributed by atoms with van der Waals surface area (Å²) in [5.74, 6) is 1.01. The summed E-state index contributed by atoms with van der Waals surface area (Å²) in [6, 6.07) is 12.8. The number of para-hydroxylation sites is 2. The molecule has 2 aromatic carbocycles. The van der Waals surface area contributed by atoms with E-state index in [0.717, 1.165) is 42.0 Å². The van der Waals surface area contributed by atoms with E-state index in [0.29, 0.717) is 12.5 Å². The van der Waals surface area contributed by atoms with Crippen molar-refractivity contribution < 1.29 is 18.0 Å². The Labute approximate surface area is 173 Å². The second-order valence-electron chi connectivity index (χ2n) is 8.25. The molecule has 0 saturated carbocycles. The first kappa shape index (κ1) is 20.4. The Balaban J connectivity index is 1.66. The fraction of sp³-hybridized carbons (Fsp3) is 0.391. The van der Waals surface area contributed by atoms with Gasteiger partial charge in [-0.05, 0) is 42.7 Å². The average Bonchev–Trinajstić information content (AvgIpc) is 3.26. The van der Waals surface area contributed by atoms with Gasteiger partial charge in [0, 0.05) is 31.1 Å². The number of rotatable bonds is 5. The predicted molar refractivity (Wildman–Crippen MR) is 110 cm³/mol. The van der Waals surface area contributed by atoms with Crippen LogP contribution in [0.5, 0.6) is 0 Å². The maximum absolute atomic E-state index is 13.1. The van der Waals surface area contributed by atoms with Gasteiger partial charge < -0.3 is 9.47 Å². The van der Waals surface area contributed by atoms with Gasteiger partial charge in [-0.3, -0.25) is 4.79 Å². The highest BCUT2D eigenvalue weighted by atomic mass is 19.4. The summed E-state index contributed by atoms with van der Waals surface area (Å²) in [6.07, 6.45) is -3.23. The molecule has 1 aliphatic rings. The third-order valence-electron chi connectivity index (χ3n) is 5.59. The Kier molecular flexibility index (Phi) is 5.30. The van der Waals surface area contributed by atoms with Crippen molar-refractivity contribution in [2.24, 2.45) is 5.92 Å². The fourth-order valence-electron chi connectivity index (χ4n) is 4.01. The lowest BCUT2D eigenvalue weighted by Crippen LogP contribution is -2.25. The Hall–Kier alpha value is -2.83. The first-order valence-electron chi connectivity index (χ1n) is 10.2. The molecule has 0 spiro atoms. The molecule has 0 bridgehead atoms. The van der Waals surface area contributed by atoms with Crippen LogP contribution >= 0.6 is 0 Å². The van der Waals surface area contributed by atoms with Crippen LogP contribution in [0.3, 0.4) is 0 Å². The van der Waals surface area contributed by atoms with E-state index in [9.17, 15) is 18.0 Å². The second kappa shape index (κ2) is 7.78. The Morgan fingerprint density at radius 3 is 2.63 bits per heavy atom. The lowest BCUT2D eigenvalue weighted by Gasteiger charge is -2.19. The Morgan fingerprint density at radius 2 is 1.90 bits per heavy atom. The first-order valence-corrected chi connectivity index (χ1v) is 10.2. The number of hydrogen-bond acceptors (Lipinski definition) is 2. The largest absolute Gasteiger partial charge is 0.416 e. The van der Waals surface area contributed by atoms with Crippen LogP contribution in [-0.2, 0) is 17.5 Å². The number of carbonyl (C=O) groups is 1. The van der Waals surface area contributed by atoms with Crippen molar-refractivity contribution in [3.05, 3.63) is 59.9 Å². The number of hydrogen-bond donors (Lipinski definition) is 0. The number of fused-ring (bicyclic) bond motifs is 1. The number of carbonyl (C=O) groups excluding carboxylic acids is 1. The molecule has 1 fully saturated rings. The SMILES string of the molecule is CC(C)CCn1c([C@H]2CC(=O)N(c3cccc(C(F)(F)F)c3)C2)nc2ccccc21. The summed E-state index contributed by atoms with van der Waals surface area (Å²) < 4.78 is 41.5. The van der Waals surface area contributed by atoms with Gasteiger partial charge in [-0.1, -0.05) is 32.0 Å². The number of benzene rings is 2. The number of amides is 1. The van der Waals surface area contributed by atoms with Crippen molar-refractivity contribution in [1.29, 1.82) is 0 Å². The number of imidazole rings is 1. The van der Waals surface area contributed by atoms with Crippen LogP contribution in [0.2, 0.25) is 0 Å². The molecule has 0 radical (unpaired) electrons. The summed E-state index contributed by atoms with van der Waals surface area (Å²) >= 11 is 0. The maximum atomic E-state index is 13.1. The van der Waals surface area contributed by atoms with Gasteiger partial charge in [0.1, 0.15) is 5.82 Å². The van der Waals surface area contributed by atoms with E-state index in [1.165, 1.54) is 11.0 Å². The van der Waals surface area contributed by atoms with Crippen molar-refractivity contribution in [2.75, 3.05) is 11.4 Å². The van der Waals surface area contributed by atoms with Crippen molar-refractivity contribution in [1.82, 2.24) is 9.55 Å². The van der Waals surface area contributed by atoms with Crippen LogP contribution in [0.4, 0.5) is 18.9 Å².